The lowest BCUT2D eigenvalue weighted by Crippen LogP contribution is -2.56. The molecule has 0 spiro atoms. The molecule has 2 aliphatic rings. The molecular formula is C31H33F4N3O7. The molecule has 2 bridgehead atoms. The zero-order valence-corrected chi connectivity index (χ0v) is 24.8. The number of carbonyl (C=O) groups excluding carboxylic acids is 4. The first-order valence-corrected chi connectivity index (χ1v) is 14.3. The first-order valence-electron chi connectivity index (χ1n) is 14.3. The topological polar surface area (TPSA) is 142 Å². The zero-order valence-electron chi connectivity index (χ0n) is 24.8. The Morgan fingerprint density at radius 1 is 0.978 bits per heavy atom. The van der Waals surface area contributed by atoms with Crippen molar-refractivity contribution < 1.29 is 51.4 Å². The number of halogens is 4. The van der Waals surface area contributed by atoms with Crippen LogP contribution in [0.4, 0.5) is 23.2 Å². The van der Waals surface area contributed by atoms with E-state index in [0.717, 1.165) is 5.56 Å². The van der Waals surface area contributed by atoms with Gasteiger partial charge in [-0.25, -0.2) is 8.78 Å². The van der Waals surface area contributed by atoms with Gasteiger partial charge in [0.05, 0.1) is 12.3 Å². The first kappa shape index (κ1) is 33.4. The van der Waals surface area contributed by atoms with Crippen molar-refractivity contribution in [3.05, 3.63) is 59.2 Å². The lowest BCUT2D eigenvalue weighted by Gasteiger charge is -2.39. The summed E-state index contributed by atoms with van der Waals surface area (Å²) in [6.45, 7) is 4.66. The smallest absolute Gasteiger partial charge is 0.313 e. The molecule has 242 valence electrons. The molecule has 2 saturated heterocycles. The number of carboxylic acids is 1. The number of ketones is 1. The monoisotopic (exact) mass is 635 g/mol. The number of anilines is 1. The maximum atomic E-state index is 14.0. The molecule has 3 amide bonds. The van der Waals surface area contributed by atoms with Gasteiger partial charge in [-0.2, -0.15) is 8.78 Å². The summed E-state index contributed by atoms with van der Waals surface area (Å²) in [5.74, 6) is -14.9. The molecule has 2 fully saturated rings. The lowest BCUT2D eigenvalue weighted by molar-refractivity contribution is -0.149. The number of piperidine rings is 1. The molecule has 0 saturated carbocycles. The van der Waals surface area contributed by atoms with Crippen molar-refractivity contribution in [3.63, 3.8) is 0 Å². The van der Waals surface area contributed by atoms with Crippen LogP contribution in [0.15, 0.2) is 30.3 Å². The first-order chi connectivity index (χ1) is 21.1. The van der Waals surface area contributed by atoms with E-state index in [0.29, 0.717) is 24.9 Å². The van der Waals surface area contributed by atoms with Gasteiger partial charge in [-0.05, 0) is 42.7 Å². The summed E-state index contributed by atoms with van der Waals surface area (Å²) in [5, 5.41) is 14.3. The van der Waals surface area contributed by atoms with Gasteiger partial charge in [-0.1, -0.05) is 39.0 Å². The Balaban J connectivity index is 1.46. The number of benzene rings is 2. The number of fused-ring (bicyclic) bond motifs is 2. The van der Waals surface area contributed by atoms with Crippen LogP contribution >= 0.6 is 0 Å². The summed E-state index contributed by atoms with van der Waals surface area (Å²) in [6.07, 6.45) is 0.622. The summed E-state index contributed by atoms with van der Waals surface area (Å²) in [4.78, 5) is 65.6. The Hall–Kier alpha value is -4.49. The predicted molar refractivity (Wildman–Crippen MR) is 151 cm³/mol. The van der Waals surface area contributed by atoms with E-state index in [-0.39, 0.29) is 23.9 Å². The number of Topliss-reactive ketones (excluding diaryl/α,β-unsaturated/α-hetero) is 1. The van der Waals surface area contributed by atoms with Crippen molar-refractivity contribution in [3.8, 4) is 5.75 Å². The zero-order chi connectivity index (χ0) is 33.2. The minimum Gasteiger partial charge on any atom is -0.481 e. The van der Waals surface area contributed by atoms with E-state index >= 15 is 0 Å². The van der Waals surface area contributed by atoms with E-state index in [9.17, 15) is 46.6 Å². The molecule has 2 aromatic rings. The molecule has 4 rings (SSSR count). The standard InChI is InChI=1S/C31H33F4N3O7/c1-31(2,3)17-6-4-5-7-20(17)36-29(43)30(44)38-15-8-10-16(22(38)11-9-15)28(42)37-21(13-24(40)41)23(39)14-45-27-25(34)18(32)12-19(33)26(27)35/h4-7,12,15-16,21-22H,8-11,13-14H2,1-3H3,(H,36,43)(H,37,42)(H,40,41)/t15?,16?,21-,22?/m0/s1. The van der Waals surface area contributed by atoms with Crippen molar-refractivity contribution in [2.75, 3.05) is 11.9 Å². The van der Waals surface area contributed by atoms with E-state index in [1.165, 1.54) is 4.90 Å². The predicted octanol–water partition coefficient (Wildman–Crippen LogP) is 3.86. The number of nitrogens with one attached hydrogen (secondary N) is 2. The Morgan fingerprint density at radius 3 is 2.22 bits per heavy atom. The molecule has 45 heavy (non-hydrogen) atoms. The minimum absolute atomic E-state index is 0.0486. The third-order valence-corrected chi connectivity index (χ3v) is 8.08. The number of hydrogen-bond donors (Lipinski definition) is 3. The molecular weight excluding hydrogens is 602 g/mol. The Bertz CT molecular complexity index is 1500. The maximum Gasteiger partial charge on any atom is 0.313 e. The van der Waals surface area contributed by atoms with Crippen LogP contribution in [0.1, 0.15) is 58.4 Å². The van der Waals surface area contributed by atoms with Gasteiger partial charge in [-0.3, -0.25) is 24.0 Å². The van der Waals surface area contributed by atoms with E-state index in [2.05, 4.69) is 15.4 Å². The van der Waals surface area contributed by atoms with Crippen LogP contribution in [0.25, 0.3) is 0 Å². The van der Waals surface area contributed by atoms with Crippen molar-refractivity contribution in [2.45, 2.75) is 76.4 Å². The molecule has 10 nitrogen and oxygen atoms in total. The van der Waals surface area contributed by atoms with Gasteiger partial charge in [0.1, 0.15) is 12.6 Å². The normalized spacial score (nSPS) is 19.9. The number of hydrogen-bond acceptors (Lipinski definition) is 6. The highest BCUT2D eigenvalue weighted by Crippen LogP contribution is 2.40. The van der Waals surface area contributed by atoms with Crippen LogP contribution in [0.3, 0.4) is 0 Å². The third kappa shape index (κ3) is 7.26. The number of rotatable bonds is 9. The van der Waals surface area contributed by atoms with Crippen LogP contribution in [-0.2, 0) is 29.4 Å². The molecule has 0 radical (unpaired) electrons. The van der Waals surface area contributed by atoms with Crippen LogP contribution in [0.5, 0.6) is 5.75 Å². The van der Waals surface area contributed by atoms with Crippen LogP contribution < -0.4 is 15.4 Å². The van der Waals surface area contributed by atoms with Crippen molar-refractivity contribution in [1.82, 2.24) is 10.2 Å². The highest BCUT2D eigenvalue weighted by molar-refractivity contribution is 6.39. The number of amides is 3. The number of nitrogens with zero attached hydrogens (tertiary/aromatic N) is 1. The number of carbonyl (C=O) groups is 5. The van der Waals surface area contributed by atoms with Gasteiger partial charge in [0.2, 0.25) is 17.5 Å². The second kappa shape index (κ2) is 13.2. The molecule has 2 heterocycles. The Kier molecular flexibility index (Phi) is 9.83. The molecule has 0 aromatic heterocycles. The van der Waals surface area contributed by atoms with Crippen LogP contribution in [-0.4, -0.2) is 64.2 Å². The number of para-hydroxylation sites is 1. The van der Waals surface area contributed by atoms with E-state index in [4.69, 9.17) is 0 Å². The van der Waals surface area contributed by atoms with E-state index < -0.39 is 89.5 Å². The van der Waals surface area contributed by atoms with Crippen molar-refractivity contribution in [2.24, 2.45) is 5.92 Å². The molecule has 3 N–H and O–H groups in total. The largest absolute Gasteiger partial charge is 0.481 e. The van der Waals surface area contributed by atoms with Crippen molar-refractivity contribution >= 4 is 35.2 Å². The van der Waals surface area contributed by atoms with Gasteiger partial charge < -0.3 is 25.4 Å². The van der Waals surface area contributed by atoms with E-state index in [1.54, 1.807) is 12.1 Å². The quantitative estimate of drug-likeness (QED) is 0.216. The second-order valence-corrected chi connectivity index (χ2v) is 12.2. The SMILES string of the molecule is CC(C)(C)c1ccccc1NC(=O)C(=O)N1C2CCC(C(=O)N[C@@H](CC(=O)O)C(=O)COc3c(F)c(F)cc(F)c3F)C1CC2. The molecule has 3 unspecified atom stereocenters. The Morgan fingerprint density at radius 2 is 1.60 bits per heavy atom. The van der Waals surface area contributed by atoms with Crippen LogP contribution in [0, 0.1) is 29.2 Å². The summed E-state index contributed by atoms with van der Waals surface area (Å²) in [7, 11) is 0. The fourth-order valence-electron chi connectivity index (χ4n) is 5.94. The van der Waals surface area contributed by atoms with E-state index in [1.807, 2.05) is 32.9 Å². The van der Waals surface area contributed by atoms with Crippen LogP contribution in [0.2, 0.25) is 0 Å². The molecule has 0 aliphatic carbocycles. The number of carboxylic acid groups (broad SMARTS) is 1. The average molecular weight is 636 g/mol. The second-order valence-electron chi connectivity index (χ2n) is 12.2. The summed E-state index contributed by atoms with van der Waals surface area (Å²) in [5.41, 5.74) is 0.960. The molecule has 4 atom stereocenters. The summed E-state index contributed by atoms with van der Waals surface area (Å²) < 4.78 is 59.6. The van der Waals surface area contributed by atoms with Gasteiger partial charge >= 0.3 is 17.8 Å². The van der Waals surface area contributed by atoms with Crippen molar-refractivity contribution in [1.29, 1.82) is 0 Å². The highest BCUT2D eigenvalue weighted by Gasteiger charge is 2.49. The lowest BCUT2D eigenvalue weighted by atomic mass is 9.86. The average Bonchev–Trinajstić information content (AvgIpc) is 3.26. The molecule has 2 aromatic carbocycles. The van der Waals surface area contributed by atoms with Gasteiger partial charge in [-0.15, -0.1) is 0 Å². The van der Waals surface area contributed by atoms with Gasteiger partial charge in [0, 0.05) is 23.8 Å². The minimum atomic E-state index is -1.89. The number of ether oxygens (including phenoxy) is 1. The maximum absolute atomic E-state index is 14.0. The molecule has 14 heteroatoms. The van der Waals surface area contributed by atoms with Gasteiger partial charge in [0.15, 0.2) is 23.2 Å². The molecule has 2 aliphatic heterocycles. The summed E-state index contributed by atoms with van der Waals surface area (Å²) >= 11 is 0. The van der Waals surface area contributed by atoms with Gasteiger partial charge in [0.25, 0.3) is 0 Å². The Labute approximate surface area is 256 Å². The fraction of sp³-hybridized carbons (Fsp3) is 0.452. The fourth-order valence-corrected chi connectivity index (χ4v) is 5.94. The summed E-state index contributed by atoms with van der Waals surface area (Å²) in [6, 6.07) is 4.28. The highest BCUT2D eigenvalue weighted by atomic mass is 19.2. The number of aliphatic carboxylic acids is 1. The third-order valence-electron chi connectivity index (χ3n) is 8.08.